The van der Waals surface area contributed by atoms with E-state index in [-0.39, 0.29) is 0 Å². The molecule has 0 unspecified atom stereocenters. The summed E-state index contributed by atoms with van der Waals surface area (Å²) >= 11 is 0. The Kier molecular flexibility index (Phi) is 2.62. The lowest BCUT2D eigenvalue weighted by atomic mass is 9.81. The molecule has 13 heavy (non-hydrogen) atoms. The van der Waals surface area contributed by atoms with Crippen molar-refractivity contribution in [1.82, 2.24) is 4.98 Å². The Morgan fingerprint density at radius 1 is 1.15 bits per heavy atom. The summed E-state index contributed by atoms with van der Waals surface area (Å²) in [4.78, 5) is 4.43. The third-order valence-electron chi connectivity index (χ3n) is 3.12. The highest BCUT2D eigenvalue weighted by Crippen LogP contribution is 2.34. The molecule has 0 spiro atoms. The van der Waals surface area contributed by atoms with Gasteiger partial charge in [0.05, 0.1) is 0 Å². The molecule has 0 aromatic carbocycles. The van der Waals surface area contributed by atoms with E-state index in [1.165, 1.54) is 31.4 Å². The monoisotopic (exact) mass is 175 g/mol. The van der Waals surface area contributed by atoms with Crippen LogP contribution in [0.1, 0.15) is 44.2 Å². The van der Waals surface area contributed by atoms with Crippen LogP contribution in [0.15, 0.2) is 24.4 Å². The molecule has 0 N–H and O–H groups in total. The predicted molar refractivity (Wildman–Crippen MR) is 54.6 cm³/mol. The Hall–Kier alpha value is -0.850. The molecule has 1 fully saturated rings. The summed E-state index contributed by atoms with van der Waals surface area (Å²) < 4.78 is 0. The van der Waals surface area contributed by atoms with Gasteiger partial charge >= 0.3 is 0 Å². The van der Waals surface area contributed by atoms with Crippen LogP contribution in [0.5, 0.6) is 0 Å². The molecule has 1 nitrogen and oxygen atoms in total. The fourth-order valence-electron chi connectivity index (χ4n) is 2.17. The van der Waals surface area contributed by atoms with E-state index in [1.807, 2.05) is 12.3 Å². The van der Waals surface area contributed by atoms with Crippen LogP contribution in [0.4, 0.5) is 0 Å². The zero-order valence-electron chi connectivity index (χ0n) is 8.24. The molecule has 1 saturated carbocycles. The number of nitrogens with zero attached hydrogens (tertiary/aromatic N) is 1. The molecule has 70 valence electrons. The van der Waals surface area contributed by atoms with Gasteiger partial charge in [-0.1, -0.05) is 25.8 Å². The summed E-state index contributed by atoms with van der Waals surface area (Å²) in [6.07, 6.45) is 7.33. The molecule has 1 aromatic rings. The average Bonchev–Trinajstić information content (AvgIpc) is 2.20. The Bertz CT molecular complexity index is 247. The number of pyridine rings is 1. The smallest absolute Gasteiger partial charge is 0.0434 e. The number of hydrogen-bond donors (Lipinski definition) is 0. The Morgan fingerprint density at radius 3 is 2.54 bits per heavy atom. The maximum atomic E-state index is 4.43. The van der Waals surface area contributed by atoms with Crippen molar-refractivity contribution in [1.29, 1.82) is 0 Å². The fraction of sp³-hybridized carbons (Fsp3) is 0.583. The van der Waals surface area contributed by atoms with Gasteiger partial charge in [0.25, 0.3) is 0 Å². The van der Waals surface area contributed by atoms with Gasteiger partial charge < -0.3 is 0 Å². The van der Waals surface area contributed by atoms with Crippen molar-refractivity contribution < 1.29 is 0 Å². The maximum Gasteiger partial charge on any atom is 0.0434 e. The predicted octanol–water partition coefficient (Wildman–Crippen LogP) is 3.38. The van der Waals surface area contributed by atoms with E-state index < -0.39 is 0 Å². The van der Waals surface area contributed by atoms with Gasteiger partial charge in [0, 0.05) is 17.8 Å². The van der Waals surface area contributed by atoms with Crippen molar-refractivity contribution in [2.45, 2.75) is 38.5 Å². The first-order valence-electron chi connectivity index (χ1n) is 5.27. The van der Waals surface area contributed by atoms with Crippen molar-refractivity contribution in [3.05, 3.63) is 30.1 Å². The van der Waals surface area contributed by atoms with Crippen molar-refractivity contribution in [2.75, 3.05) is 0 Å². The summed E-state index contributed by atoms with van der Waals surface area (Å²) in [7, 11) is 0. The van der Waals surface area contributed by atoms with E-state index >= 15 is 0 Å². The van der Waals surface area contributed by atoms with Crippen LogP contribution in [0.3, 0.4) is 0 Å². The van der Waals surface area contributed by atoms with E-state index in [9.17, 15) is 0 Å². The third kappa shape index (κ3) is 2.09. The van der Waals surface area contributed by atoms with Crippen LogP contribution in [0.2, 0.25) is 0 Å². The van der Waals surface area contributed by atoms with Gasteiger partial charge in [-0.25, -0.2) is 0 Å². The molecule has 1 aliphatic carbocycles. The zero-order valence-corrected chi connectivity index (χ0v) is 8.24. The van der Waals surface area contributed by atoms with Crippen LogP contribution in [0, 0.1) is 5.92 Å². The molecule has 0 aliphatic heterocycles. The van der Waals surface area contributed by atoms with E-state index in [0.29, 0.717) is 0 Å². The lowest BCUT2D eigenvalue weighted by Crippen LogP contribution is -2.11. The van der Waals surface area contributed by atoms with Gasteiger partial charge in [0.1, 0.15) is 0 Å². The standard InChI is InChI=1S/C12H17N/c1-10-5-7-11(8-6-10)12-4-2-3-9-13-12/h2-4,9-11H,5-8H2,1H3. The summed E-state index contributed by atoms with van der Waals surface area (Å²) in [5, 5.41) is 0. The molecule has 0 bridgehead atoms. The number of rotatable bonds is 1. The van der Waals surface area contributed by atoms with Crippen LogP contribution < -0.4 is 0 Å². The normalized spacial score (nSPS) is 28.7. The highest BCUT2D eigenvalue weighted by molar-refractivity contribution is 5.10. The Balaban J connectivity index is 2.03. The van der Waals surface area contributed by atoms with Crippen LogP contribution >= 0.6 is 0 Å². The number of aromatic nitrogens is 1. The second kappa shape index (κ2) is 3.91. The molecular weight excluding hydrogens is 158 g/mol. The third-order valence-corrected chi connectivity index (χ3v) is 3.12. The molecular formula is C12H17N. The van der Waals surface area contributed by atoms with Crippen molar-refractivity contribution in [3.63, 3.8) is 0 Å². The van der Waals surface area contributed by atoms with Crippen molar-refractivity contribution in [2.24, 2.45) is 5.92 Å². The van der Waals surface area contributed by atoms with Gasteiger partial charge in [0.15, 0.2) is 0 Å². The molecule has 0 radical (unpaired) electrons. The van der Waals surface area contributed by atoms with Gasteiger partial charge in [-0.15, -0.1) is 0 Å². The lowest BCUT2D eigenvalue weighted by molar-refractivity contribution is 0.344. The largest absolute Gasteiger partial charge is 0.261 e. The second-order valence-electron chi connectivity index (χ2n) is 4.21. The molecule has 0 saturated heterocycles. The highest BCUT2D eigenvalue weighted by atomic mass is 14.7. The van der Waals surface area contributed by atoms with Crippen LogP contribution in [-0.2, 0) is 0 Å². The molecule has 1 aromatic heterocycles. The Morgan fingerprint density at radius 2 is 1.92 bits per heavy atom. The first kappa shape index (κ1) is 8.74. The summed E-state index contributed by atoms with van der Waals surface area (Å²) in [5.74, 6) is 1.66. The highest BCUT2D eigenvalue weighted by Gasteiger charge is 2.19. The summed E-state index contributed by atoms with van der Waals surface area (Å²) in [6, 6.07) is 6.26. The molecule has 1 heteroatoms. The molecule has 2 rings (SSSR count). The molecule has 1 aliphatic rings. The first-order valence-corrected chi connectivity index (χ1v) is 5.27. The van der Waals surface area contributed by atoms with E-state index in [2.05, 4.69) is 24.0 Å². The van der Waals surface area contributed by atoms with Gasteiger partial charge in [-0.05, 0) is 30.9 Å². The minimum absolute atomic E-state index is 0.734. The minimum Gasteiger partial charge on any atom is -0.261 e. The summed E-state index contributed by atoms with van der Waals surface area (Å²) in [5.41, 5.74) is 1.30. The van der Waals surface area contributed by atoms with Crippen molar-refractivity contribution >= 4 is 0 Å². The van der Waals surface area contributed by atoms with Crippen LogP contribution in [0.25, 0.3) is 0 Å². The SMILES string of the molecule is CC1CCC(c2ccccn2)CC1. The van der Waals surface area contributed by atoms with Crippen LogP contribution in [-0.4, -0.2) is 4.98 Å². The lowest BCUT2D eigenvalue weighted by Gasteiger charge is -2.25. The fourth-order valence-corrected chi connectivity index (χ4v) is 2.17. The van der Waals surface area contributed by atoms with Gasteiger partial charge in [0.2, 0.25) is 0 Å². The molecule has 0 amide bonds. The first-order chi connectivity index (χ1) is 6.36. The van der Waals surface area contributed by atoms with E-state index in [1.54, 1.807) is 0 Å². The second-order valence-corrected chi connectivity index (χ2v) is 4.21. The maximum absolute atomic E-state index is 4.43. The van der Waals surface area contributed by atoms with E-state index in [4.69, 9.17) is 0 Å². The topological polar surface area (TPSA) is 12.9 Å². The Labute approximate surface area is 80.2 Å². The molecule has 0 atom stereocenters. The van der Waals surface area contributed by atoms with Crippen molar-refractivity contribution in [3.8, 4) is 0 Å². The molecule has 1 heterocycles. The minimum atomic E-state index is 0.734. The van der Waals surface area contributed by atoms with E-state index in [0.717, 1.165) is 11.8 Å². The zero-order chi connectivity index (χ0) is 9.10. The average molecular weight is 175 g/mol. The van der Waals surface area contributed by atoms with Gasteiger partial charge in [-0.2, -0.15) is 0 Å². The number of hydrogen-bond acceptors (Lipinski definition) is 1. The summed E-state index contributed by atoms with van der Waals surface area (Å²) in [6.45, 7) is 2.36. The van der Waals surface area contributed by atoms with Gasteiger partial charge in [-0.3, -0.25) is 4.98 Å². The quantitative estimate of drug-likeness (QED) is 0.637.